The van der Waals surface area contributed by atoms with Crippen LogP contribution in [-0.2, 0) is 0 Å². The molecule has 0 aromatic heterocycles. The lowest BCUT2D eigenvalue weighted by Crippen LogP contribution is -2.24. The van der Waals surface area contributed by atoms with E-state index in [0.717, 1.165) is 30.8 Å². The van der Waals surface area contributed by atoms with Crippen LogP contribution >= 0.6 is 0 Å². The number of para-hydroxylation sites is 1. The first-order valence-corrected chi connectivity index (χ1v) is 5.98. The fourth-order valence-corrected chi connectivity index (χ4v) is 1.85. The van der Waals surface area contributed by atoms with Crippen molar-refractivity contribution in [3.8, 4) is 0 Å². The third kappa shape index (κ3) is 4.19. The Hall–Kier alpha value is -1.35. The number of benzene rings is 1. The minimum atomic E-state index is 0.125. The van der Waals surface area contributed by atoms with Crippen molar-refractivity contribution in [3.05, 3.63) is 29.8 Å². The van der Waals surface area contributed by atoms with Crippen LogP contribution in [-0.4, -0.2) is 44.9 Å². The van der Waals surface area contributed by atoms with Crippen LogP contribution in [0.4, 0.5) is 5.69 Å². The summed E-state index contributed by atoms with van der Waals surface area (Å²) < 4.78 is 0. The molecule has 1 rings (SSSR count). The zero-order valence-electron chi connectivity index (χ0n) is 11.2. The minimum absolute atomic E-state index is 0.125. The second kappa shape index (κ2) is 6.40. The number of hydrogen-bond donors (Lipinski definition) is 0. The summed E-state index contributed by atoms with van der Waals surface area (Å²) in [7, 11) is 6.18. The van der Waals surface area contributed by atoms with Crippen LogP contribution < -0.4 is 4.90 Å². The third-order valence-electron chi connectivity index (χ3n) is 2.79. The number of rotatable bonds is 6. The molecular formula is C14H22N2O. The van der Waals surface area contributed by atoms with Gasteiger partial charge < -0.3 is 9.80 Å². The molecule has 94 valence electrons. The van der Waals surface area contributed by atoms with Crippen molar-refractivity contribution >= 4 is 11.5 Å². The molecule has 3 nitrogen and oxygen atoms in total. The number of carbonyl (C=O) groups is 1. The van der Waals surface area contributed by atoms with Gasteiger partial charge in [0.15, 0.2) is 5.78 Å². The van der Waals surface area contributed by atoms with E-state index in [1.54, 1.807) is 6.92 Å². The van der Waals surface area contributed by atoms with E-state index in [9.17, 15) is 4.79 Å². The highest BCUT2D eigenvalue weighted by Crippen LogP contribution is 2.19. The SMILES string of the molecule is CC(=O)c1ccccc1N(C)CCCN(C)C. The van der Waals surface area contributed by atoms with Gasteiger partial charge in [-0.25, -0.2) is 0 Å². The Bertz CT molecular complexity index is 374. The fraction of sp³-hybridized carbons (Fsp3) is 0.500. The number of Topliss-reactive ketones (excluding diaryl/α,β-unsaturated/α-hetero) is 1. The van der Waals surface area contributed by atoms with Crippen molar-refractivity contribution in [1.29, 1.82) is 0 Å². The lowest BCUT2D eigenvalue weighted by atomic mass is 10.1. The summed E-state index contributed by atoms with van der Waals surface area (Å²) in [4.78, 5) is 15.8. The molecule has 0 N–H and O–H groups in total. The van der Waals surface area contributed by atoms with E-state index in [2.05, 4.69) is 23.9 Å². The molecule has 0 saturated carbocycles. The second-order valence-corrected chi connectivity index (χ2v) is 4.65. The molecule has 0 heterocycles. The topological polar surface area (TPSA) is 23.6 Å². The van der Waals surface area contributed by atoms with Crippen LogP contribution in [0.15, 0.2) is 24.3 Å². The largest absolute Gasteiger partial charge is 0.374 e. The predicted molar refractivity (Wildman–Crippen MR) is 72.9 cm³/mol. The highest BCUT2D eigenvalue weighted by Gasteiger charge is 2.09. The number of carbonyl (C=O) groups excluding carboxylic acids is 1. The van der Waals surface area contributed by atoms with Crippen LogP contribution in [0, 0.1) is 0 Å². The summed E-state index contributed by atoms with van der Waals surface area (Å²) in [6.45, 7) is 3.64. The molecule has 0 radical (unpaired) electrons. The molecule has 0 fully saturated rings. The van der Waals surface area contributed by atoms with Gasteiger partial charge in [0.2, 0.25) is 0 Å². The smallest absolute Gasteiger partial charge is 0.161 e. The highest BCUT2D eigenvalue weighted by molar-refractivity contribution is 5.99. The van der Waals surface area contributed by atoms with Crippen molar-refractivity contribution in [3.63, 3.8) is 0 Å². The van der Waals surface area contributed by atoms with E-state index in [1.165, 1.54) is 0 Å². The summed E-state index contributed by atoms with van der Waals surface area (Å²) in [6, 6.07) is 7.78. The van der Waals surface area contributed by atoms with Gasteiger partial charge in [-0.15, -0.1) is 0 Å². The fourth-order valence-electron chi connectivity index (χ4n) is 1.85. The Kier molecular flexibility index (Phi) is 5.16. The standard InChI is InChI=1S/C14H22N2O/c1-12(17)13-8-5-6-9-14(13)16(4)11-7-10-15(2)3/h5-6,8-9H,7,10-11H2,1-4H3. The molecular weight excluding hydrogens is 212 g/mol. The van der Waals surface area contributed by atoms with Gasteiger partial charge in [0, 0.05) is 24.8 Å². The van der Waals surface area contributed by atoms with Gasteiger partial charge in [0.05, 0.1) is 0 Å². The van der Waals surface area contributed by atoms with Crippen LogP contribution in [0.25, 0.3) is 0 Å². The molecule has 17 heavy (non-hydrogen) atoms. The van der Waals surface area contributed by atoms with Crippen molar-refractivity contribution in [2.75, 3.05) is 39.1 Å². The Morgan fingerprint density at radius 3 is 2.35 bits per heavy atom. The third-order valence-corrected chi connectivity index (χ3v) is 2.79. The lowest BCUT2D eigenvalue weighted by molar-refractivity contribution is 0.101. The first-order valence-electron chi connectivity index (χ1n) is 5.98. The van der Waals surface area contributed by atoms with Crippen LogP contribution in [0.1, 0.15) is 23.7 Å². The molecule has 0 spiro atoms. The van der Waals surface area contributed by atoms with Gasteiger partial charge in [-0.05, 0) is 46.1 Å². The molecule has 0 saturated heterocycles. The average molecular weight is 234 g/mol. The summed E-state index contributed by atoms with van der Waals surface area (Å²) >= 11 is 0. The maximum atomic E-state index is 11.5. The summed E-state index contributed by atoms with van der Waals surface area (Å²) in [5.41, 5.74) is 1.83. The van der Waals surface area contributed by atoms with E-state index >= 15 is 0 Å². The number of ketones is 1. The van der Waals surface area contributed by atoms with Crippen molar-refractivity contribution in [2.45, 2.75) is 13.3 Å². The maximum absolute atomic E-state index is 11.5. The maximum Gasteiger partial charge on any atom is 0.161 e. The monoisotopic (exact) mass is 234 g/mol. The second-order valence-electron chi connectivity index (χ2n) is 4.65. The Morgan fingerprint density at radius 2 is 1.76 bits per heavy atom. The molecule has 1 aromatic rings. The molecule has 0 aliphatic heterocycles. The zero-order valence-corrected chi connectivity index (χ0v) is 11.2. The number of anilines is 1. The molecule has 0 unspecified atom stereocenters. The van der Waals surface area contributed by atoms with E-state index in [-0.39, 0.29) is 5.78 Å². The van der Waals surface area contributed by atoms with Crippen LogP contribution in [0.3, 0.4) is 0 Å². The van der Waals surface area contributed by atoms with E-state index in [0.29, 0.717) is 0 Å². The molecule has 0 amide bonds. The highest BCUT2D eigenvalue weighted by atomic mass is 16.1. The molecule has 0 aliphatic carbocycles. The lowest BCUT2D eigenvalue weighted by Gasteiger charge is -2.22. The van der Waals surface area contributed by atoms with E-state index in [1.807, 2.05) is 31.3 Å². The molecule has 3 heteroatoms. The van der Waals surface area contributed by atoms with Gasteiger partial charge in [-0.2, -0.15) is 0 Å². The Balaban J connectivity index is 2.68. The first kappa shape index (κ1) is 13.7. The quantitative estimate of drug-likeness (QED) is 0.705. The predicted octanol–water partition coefficient (Wildman–Crippen LogP) is 2.28. The normalized spacial score (nSPS) is 10.6. The van der Waals surface area contributed by atoms with Crippen molar-refractivity contribution < 1.29 is 4.79 Å². The summed E-state index contributed by atoms with van der Waals surface area (Å²) in [5.74, 6) is 0.125. The molecule has 1 aromatic carbocycles. The average Bonchev–Trinajstić information content (AvgIpc) is 2.28. The van der Waals surface area contributed by atoms with Crippen LogP contribution in [0.5, 0.6) is 0 Å². The molecule has 0 aliphatic rings. The summed E-state index contributed by atoms with van der Waals surface area (Å²) in [5, 5.41) is 0. The first-order chi connectivity index (χ1) is 8.02. The van der Waals surface area contributed by atoms with Gasteiger partial charge in [0.25, 0.3) is 0 Å². The van der Waals surface area contributed by atoms with E-state index < -0.39 is 0 Å². The number of nitrogens with zero attached hydrogens (tertiary/aromatic N) is 2. The Labute approximate surface area is 104 Å². The van der Waals surface area contributed by atoms with E-state index in [4.69, 9.17) is 0 Å². The molecule has 0 bridgehead atoms. The van der Waals surface area contributed by atoms with Gasteiger partial charge >= 0.3 is 0 Å². The van der Waals surface area contributed by atoms with Gasteiger partial charge in [-0.3, -0.25) is 4.79 Å². The van der Waals surface area contributed by atoms with Crippen molar-refractivity contribution in [1.82, 2.24) is 4.90 Å². The van der Waals surface area contributed by atoms with Gasteiger partial charge in [-0.1, -0.05) is 12.1 Å². The van der Waals surface area contributed by atoms with Crippen molar-refractivity contribution in [2.24, 2.45) is 0 Å². The molecule has 0 atom stereocenters. The Morgan fingerprint density at radius 1 is 1.12 bits per heavy atom. The van der Waals surface area contributed by atoms with Crippen LogP contribution in [0.2, 0.25) is 0 Å². The van der Waals surface area contributed by atoms with Gasteiger partial charge in [0.1, 0.15) is 0 Å². The zero-order chi connectivity index (χ0) is 12.8. The summed E-state index contributed by atoms with van der Waals surface area (Å²) in [6.07, 6.45) is 1.09. The number of hydrogen-bond acceptors (Lipinski definition) is 3. The minimum Gasteiger partial charge on any atom is -0.374 e.